The zero-order valence-electron chi connectivity index (χ0n) is 12.9. The van der Waals surface area contributed by atoms with Gasteiger partial charge in [-0.15, -0.1) is 0 Å². The number of hydrogen-bond donors (Lipinski definition) is 0. The predicted octanol–water partition coefficient (Wildman–Crippen LogP) is 1.65. The van der Waals surface area contributed by atoms with Gasteiger partial charge in [0.1, 0.15) is 11.5 Å². The average molecular weight is 322 g/mol. The Morgan fingerprint density at radius 2 is 1.57 bits per heavy atom. The van der Waals surface area contributed by atoms with Crippen molar-refractivity contribution in [2.45, 2.75) is 12.8 Å². The van der Waals surface area contributed by atoms with Crippen LogP contribution in [0.2, 0.25) is 0 Å². The summed E-state index contributed by atoms with van der Waals surface area (Å²) in [5, 5.41) is 0. The SMILES string of the molecule is COC(=O)C=CC(=O)OCCCC(=O)Oc1ccc(OC)cc1. The van der Waals surface area contributed by atoms with Crippen molar-refractivity contribution in [2.75, 3.05) is 20.8 Å². The number of benzene rings is 1. The second-order valence-electron chi connectivity index (χ2n) is 4.28. The van der Waals surface area contributed by atoms with Gasteiger partial charge in [0, 0.05) is 18.6 Å². The topological polar surface area (TPSA) is 88.1 Å². The monoisotopic (exact) mass is 322 g/mol. The molecule has 0 N–H and O–H groups in total. The molecule has 0 fully saturated rings. The maximum Gasteiger partial charge on any atom is 0.331 e. The van der Waals surface area contributed by atoms with Crippen LogP contribution < -0.4 is 9.47 Å². The van der Waals surface area contributed by atoms with Crippen LogP contribution in [0.3, 0.4) is 0 Å². The molecule has 0 unspecified atom stereocenters. The molecule has 124 valence electrons. The highest BCUT2D eigenvalue weighted by molar-refractivity contribution is 5.91. The van der Waals surface area contributed by atoms with Crippen LogP contribution in [0.1, 0.15) is 12.8 Å². The van der Waals surface area contributed by atoms with E-state index in [9.17, 15) is 14.4 Å². The van der Waals surface area contributed by atoms with Gasteiger partial charge in [0.05, 0.1) is 20.8 Å². The lowest BCUT2D eigenvalue weighted by Crippen LogP contribution is -2.10. The molecule has 0 saturated carbocycles. The smallest absolute Gasteiger partial charge is 0.331 e. The molecule has 0 bridgehead atoms. The van der Waals surface area contributed by atoms with Crippen molar-refractivity contribution in [3.63, 3.8) is 0 Å². The lowest BCUT2D eigenvalue weighted by atomic mass is 10.3. The third-order valence-electron chi connectivity index (χ3n) is 2.62. The second-order valence-corrected chi connectivity index (χ2v) is 4.28. The Hall–Kier alpha value is -2.83. The molecule has 1 rings (SSSR count). The van der Waals surface area contributed by atoms with E-state index in [1.165, 1.54) is 7.11 Å². The summed E-state index contributed by atoms with van der Waals surface area (Å²) in [6.07, 6.45) is 2.33. The van der Waals surface area contributed by atoms with Crippen LogP contribution >= 0.6 is 0 Å². The van der Waals surface area contributed by atoms with Crippen molar-refractivity contribution >= 4 is 17.9 Å². The quantitative estimate of drug-likeness (QED) is 0.311. The number of rotatable bonds is 8. The molecule has 1 aromatic rings. The summed E-state index contributed by atoms with van der Waals surface area (Å²) in [6, 6.07) is 6.60. The van der Waals surface area contributed by atoms with E-state index in [0.717, 1.165) is 12.2 Å². The number of methoxy groups -OCH3 is 2. The highest BCUT2D eigenvalue weighted by Crippen LogP contribution is 2.17. The number of carbonyl (C=O) groups is 3. The minimum atomic E-state index is -0.682. The molecule has 0 aliphatic heterocycles. The first kappa shape index (κ1) is 18.2. The lowest BCUT2D eigenvalue weighted by Gasteiger charge is -2.05. The van der Waals surface area contributed by atoms with Crippen molar-refractivity contribution in [3.8, 4) is 11.5 Å². The van der Waals surface area contributed by atoms with E-state index in [0.29, 0.717) is 17.9 Å². The van der Waals surface area contributed by atoms with E-state index in [1.807, 2.05) is 0 Å². The molecule has 1 aromatic carbocycles. The fourth-order valence-corrected chi connectivity index (χ4v) is 1.47. The summed E-state index contributed by atoms with van der Waals surface area (Å²) in [7, 11) is 2.75. The van der Waals surface area contributed by atoms with Crippen molar-refractivity contribution in [1.29, 1.82) is 0 Å². The first-order chi connectivity index (χ1) is 11.0. The predicted molar refractivity (Wildman–Crippen MR) is 80.0 cm³/mol. The molecule has 0 aromatic heterocycles. The summed E-state index contributed by atoms with van der Waals surface area (Å²) in [5.74, 6) is -0.689. The van der Waals surface area contributed by atoms with Gasteiger partial charge in [-0.2, -0.15) is 0 Å². The zero-order valence-corrected chi connectivity index (χ0v) is 12.9. The number of hydrogen-bond acceptors (Lipinski definition) is 7. The van der Waals surface area contributed by atoms with Crippen molar-refractivity contribution in [3.05, 3.63) is 36.4 Å². The summed E-state index contributed by atoms with van der Waals surface area (Å²) in [4.78, 5) is 33.6. The van der Waals surface area contributed by atoms with E-state index in [1.54, 1.807) is 31.4 Å². The summed E-state index contributed by atoms with van der Waals surface area (Å²) >= 11 is 0. The van der Waals surface area contributed by atoms with Crippen LogP contribution in [-0.2, 0) is 23.9 Å². The molecular weight excluding hydrogens is 304 g/mol. The molecule has 7 nitrogen and oxygen atoms in total. The zero-order chi connectivity index (χ0) is 17.1. The minimum Gasteiger partial charge on any atom is -0.497 e. The van der Waals surface area contributed by atoms with Crippen molar-refractivity contribution in [1.82, 2.24) is 0 Å². The first-order valence-corrected chi connectivity index (χ1v) is 6.82. The third-order valence-corrected chi connectivity index (χ3v) is 2.62. The van der Waals surface area contributed by atoms with Gasteiger partial charge in [-0.05, 0) is 30.7 Å². The van der Waals surface area contributed by atoms with Gasteiger partial charge in [0.25, 0.3) is 0 Å². The Morgan fingerprint density at radius 3 is 2.17 bits per heavy atom. The molecule has 0 aliphatic rings. The Morgan fingerprint density at radius 1 is 0.957 bits per heavy atom. The fourth-order valence-electron chi connectivity index (χ4n) is 1.47. The largest absolute Gasteiger partial charge is 0.497 e. The summed E-state index contributed by atoms with van der Waals surface area (Å²) in [6.45, 7) is 0.0437. The molecule has 0 radical (unpaired) electrons. The van der Waals surface area contributed by atoms with Gasteiger partial charge >= 0.3 is 17.9 Å². The normalized spacial score (nSPS) is 10.2. The summed E-state index contributed by atoms with van der Waals surface area (Å²) in [5.41, 5.74) is 0. The average Bonchev–Trinajstić information content (AvgIpc) is 2.57. The lowest BCUT2D eigenvalue weighted by molar-refractivity contribution is -0.140. The van der Waals surface area contributed by atoms with Crippen LogP contribution in [0.25, 0.3) is 0 Å². The third kappa shape index (κ3) is 7.66. The van der Waals surface area contributed by atoms with Gasteiger partial charge in [0.2, 0.25) is 0 Å². The number of ether oxygens (including phenoxy) is 4. The minimum absolute atomic E-state index is 0.0437. The van der Waals surface area contributed by atoms with Gasteiger partial charge in [-0.1, -0.05) is 0 Å². The van der Waals surface area contributed by atoms with E-state index >= 15 is 0 Å². The standard InChI is InChI=1S/C16H18O7/c1-20-12-5-7-13(8-6-12)23-16(19)4-3-11-22-15(18)10-9-14(17)21-2/h5-10H,3-4,11H2,1-2H3. The maximum absolute atomic E-state index is 11.6. The van der Waals surface area contributed by atoms with Crippen LogP contribution in [0.4, 0.5) is 0 Å². The van der Waals surface area contributed by atoms with Crippen LogP contribution in [0.15, 0.2) is 36.4 Å². The molecule has 0 spiro atoms. The Bertz CT molecular complexity index is 560. The molecule has 0 saturated heterocycles. The molecule has 0 atom stereocenters. The maximum atomic E-state index is 11.6. The Labute approximate surface area is 133 Å². The number of esters is 3. The van der Waals surface area contributed by atoms with Crippen LogP contribution in [-0.4, -0.2) is 38.7 Å². The molecule has 0 aliphatic carbocycles. The van der Waals surface area contributed by atoms with E-state index < -0.39 is 17.9 Å². The molecule has 7 heteroatoms. The van der Waals surface area contributed by atoms with Crippen molar-refractivity contribution in [2.24, 2.45) is 0 Å². The highest BCUT2D eigenvalue weighted by Gasteiger charge is 2.06. The van der Waals surface area contributed by atoms with E-state index in [4.69, 9.17) is 14.2 Å². The number of carbonyl (C=O) groups excluding carboxylic acids is 3. The highest BCUT2D eigenvalue weighted by atomic mass is 16.5. The van der Waals surface area contributed by atoms with Crippen LogP contribution in [0.5, 0.6) is 11.5 Å². The fraction of sp³-hybridized carbons (Fsp3) is 0.312. The molecule has 0 amide bonds. The van der Waals surface area contributed by atoms with E-state index in [-0.39, 0.29) is 13.0 Å². The van der Waals surface area contributed by atoms with E-state index in [2.05, 4.69) is 4.74 Å². The molecule has 0 heterocycles. The molecular formula is C16H18O7. The second kappa shape index (κ2) is 9.99. The Kier molecular flexibility index (Phi) is 7.91. The summed E-state index contributed by atoms with van der Waals surface area (Å²) < 4.78 is 19.2. The Balaban J connectivity index is 2.22. The van der Waals surface area contributed by atoms with Gasteiger partial charge in [0.15, 0.2) is 0 Å². The first-order valence-electron chi connectivity index (χ1n) is 6.82. The van der Waals surface area contributed by atoms with Gasteiger partial charge in [-0.25, -0.2) is 9.59 Å². The van der Waals surface area contributed by atoms with Gasteiger partial charge < -0.3 is 18.9 Å². The van der Waals surface area contributed by atoms with Crippen LogP contribution in [0, 0.1) is 0 Å². The molecule has 23 heavy (non-hydrogen) atoms. The van der Waals surface area contributed by atoms with Crippen molar-refractivity contribution < 1.29 is 33.3 Å². The van der Waals surface area contributed by atoms with Gasteiger partial charge in [-0.3, -0.25) is 4.79 Å².